The summed E-state index contributed by atoms with van der Waals surface area (Å²) in [5, 5.41) is 1.14. The number of fused-ring (bicyclic) bond motifs is 1. The quantitative estimate of drug-likeness (QED) is 0.896. The van der Waals surface area contributed by atoms with Gasteiger partial charge in [-0.3, -0.25) is 9.19 Å². The molecule has 1 aliphatic rings. The van der Waals surface area contributed by atoms with Crippen LogP contribution >= 0.6 is 0 Å². The second kappa shape index (κ2) is 5.27. The lowest BCUT2D eigenvalue weighted by Crippen LogP contribution is -2.38. The van der Waals surface area contributed by atoms with Crippen molar-refractivity contribution in [3.05, 3.63) is 36.0 Å². The first kappa shape index (κ1) is 12.6. The average molecular weight is 275 g/mol. The number of benzene rings is 1. The van der Waals surface area contributed by atoms with Crippen molar-refractivity contribution >= 4 is 27.4 Å². The molecule has 2 heterocycles. The third-order valence-electron chi connectivity index (χ3n) is 3.54. The molecule has 1 aliphatic heterocycles. The van der Waals surface area contributed by atoms with Gasteiger partial charge in [0.25, 0.3) is 0 Å². The summed E-state index contributed by atoms with van der Waals surface area (Å²) in [7, 11) is -0.665. The maximum atomic E-state index is 11.5. The van der Waals surface area contributed by atoms with Crippen LogP contribution in [0.1, 0.15) is 5.56 Å². The van der Waals surface area contributed by atoms with Crippen LogP contribution in [0, 0.1) is 0 Å². The SMILES string of the molecule is NCc1cnc2ccccc2c1N1CCS(=O)CC1. The molecule has 100 valence electrons. The third-order valence-corrected chi connectivity index (χ3v) is 4.81. The highest BCUT2D eigenvalue weighted by Gasteiger charge is 2.20. The predicted octanol–water partition coefficient (Wildman–Crippen LogP) is 1.26. The van der Waals surface area contributed by atoms with Crippen LogP contribution in [0.5, 0.6) is 0 Å². The summed E-state index contributed by atoms with van der Waals surface area (Å²) in [4.78, 5) is 6.75. The molecule has 0 radical (unpaired) electrons. The van der Waals surface area contributed by atoms with E-state index in [2.05, 4.69) is 16.0 Å². The molecule has 0 atom stereocenters. The number of para-hydroxylation sites is 1. The highest BCUT2D eigenvalue weighted by molar-refractivity contribution is 7.85. The Kier molecular flexibility index (Phi) is 3.48. The summed E-state index contributed by atoms with van der Waals surface area (Å²) in [6.45, 7) is 2.13. The zero-order valence-electron chi connectivity index (χ0n) is 10.7. The monoisotopic (exact) mass is 275 g/mol. The minimum Gasteiger partial charge on any atom is -0.369 e. The van der Waals surface area contributed by atoms with E-state index >= 15 is 0 Å². The molecule has 0 bridgehead atoms. The smallest absolute Gasteiger partial charge is 0.0723 e. The first-order chi connectivity index (χ1) is 9.29. The molecule has 19 heavy (non-hydrogen) atoms. The van der Waals surface area contributed by atoms with Gasteiger partial charge in [-0.25, -0.2) is 0 Å². The van der Waals surface area contributed by atoms with E-state index in [1.54, 1.807) is 0 Å². The number of hydrogen-bond acceptors (Lipinski definition) is 4. The van der Waals surface area contributed by atoms with Gasteiger partial charge in [0, 0.05) is 59.1 Å². The summed E-state index contributed by atoms with van der Waals surface area (Å²) in [5.41, 5.74) is 9.07. The van der Waals surface area contributed by atoms with Crippen molar-refractivity contribution in [2.45, 2.75) is 6.54 Å². The fourth-order valence-corrected chi connectivity index (χ4v) is 3.60. The minimum absolute atomic E-state index is 0.479. The normalized spacial score (nSPS) is 17.0. The fourth-order valence-electron chi connectivity index (χ4n) is 2.55. The van der Waals surface area contributed by atoms with Crippen LogP contribution in [-0.2, 0) is 17.3 Å². The molecule has 2 aromatic rings. The van der Waals surface area contributed by atoms with Gasteiger partial charge in [0.15, 0.2) is 0 Å². The van der Waals surface area contributed by atoms with Gasteiger partial charge in [0.2, 0.25) is 0 Å². The number of aromatic nitrogens is 1. The molecule has 2 N–H and O–H groups in total. The molecule has 0 spiro atoms. The molecule has 1 saturated heterocycles. The van der Waals surface area contributed by atoms with Crippen LogP contribution < -0.4 is 10.6 Å². The van der Waals surface area contributed by atoms with Crippen molar-refractivity contribution in [1.29, 1.82) is 0 Å². The maximum absolute atomic E-state index is 11.5. The highest BCUT2D eigenvalue weighted by atomic mass is 32.2. The van der Waals surface area contributed by atoms with Crippen molar-refractivity contribution in [3.63, 3.8) is 0 Å². The zero-order valence-corrected chi connectivity index (χ0v) is 11.5. The van der Waals surface area contributed by atoms with Gasteiger partial charge in [-0.05, 0) is 6.07 Å². The second-order valence-electron chi connectivity index (χ2n) is 4.69. The summed E-state index contributed by atoms with van der Waals surface area (Å²) in [5.74, 6) is 1.47. The summed E-state index contributed by atoms with van der Waals surface area (Å²) in [6, 6.07) is 8.12. The lowest BCUT2D eigenvalue weighted by molar-refractivity contribution is 0.673. The molecule has 1 aromatic carbocycles. The standard InChI is InChI=1S/C14H17N3OS/c15-9-11-10-16-13-4-2-1-3-12(13)14(11)17-5-7-19(18)8-6-17/h1-4,10H,5-9,15H2. The van der Waals surface area contributed by atoms with Gasteiger partial charge in [-0.1, -0.05) is 18.2 Å². The van der Waals surface area contributed by atoms with E-state index in [9.17, 15) is 4.21 Å². The molecule has 0 amide bonds. The van der Waals surface area contributed by atoms with Crippen molar-refractivity contribution in [3.8, 4) is 0 Å². The molecule has 1 fully saturated rings. The number of nitrogens with two attached hydrogens (primary N) is 1. The molecular formula is C14H17N3OS. The third kappa shape index (κ3) is 2.35. The summed E-state index contributed by atoms with van der Waals surface area (Å²) >= 11 is 0. The van der Waals surface area contributed by atoms with Crippen molar-refractivity contribution in [2.75, 3.05) is 29.5 Å². The Balaban J connectivity index is 2.11. The van der Waals surface area contributed by atoms with E-state index in [1.807, 2.05) is 24.4 Å². The summed E-state index contributed by atoms with van der Waals surface area (Å²) < 4.78 is 11.5. The molecular weight excluding hydrogens is 258 g/mol. The minimum atomic E-state index is -0.665. The van der Waals surface area contributed by atoms with Crippen LogP contribution in [0.15, 0.2) is 30.5 Å². The van der Waals surface area contributed by atoms with Gasteiger partial charge in [0.1, 0.15) is 0 Å². The van der Waals surface area contributed by atoms with E-state index in [4.69, 9.17) is 5.73 Å². The van der Waals surface area contributed by atoms with Gasteiger partial charge in [-0.15, -0.1) is 0 Å². The molecule has 1 aromatic heterocycles. The Hall–Kier alpha value is -1.46. The molecule has 0 aliphatic carbocycles. The Morgan fingerprint density at radius 1 is 1.26 bits per heavy atom. The van der Waals surface area contributed by atoms with Gasteiger partial charge in [-0.2, -0.15) is 0 Å². The van der Waals surface area contributed by atoms with E-state index in [0.29, 0.717) is 6.54 Å². The topological polar surface area (TPSA) is 59.2 Å². The van der Waals surface area contributed by atoms with Crippen LogP contribution in [0.3, 0.4) is 0 Å². The van der Waals surface area contributed by atoms with Crippen molar-refractivity contribution in [2.24, 2.45) is 5.73 Å². The maximum Gasteiger partial charge on any atom is 0.0723 e. The Bertz CT molecular complexity index is 619. The second-order valence-corrected chi connectivity index (χ2v) is 6.38. The van der Waals surface area contributed by atoms with Crippen LogP contribution in [0.4, 0.5) is 5.69 Å². The molecule has 4 nitrogen and oxygen atoms in total. The van der Waals surface area contributed by atoms with E-state index in [-0.39, 0.29) is 0 Å². The molecule has 0 saturated carbocycles. The number of pyridine rings is 1. The highest BCUT2D eigenvalue weighted by Crippen LogP contribution is 2.30. The number of hydrogen-bond donors (Lipinski definition) is 1. The van der Waals surface area contributed by atoms with Crippen LogP contribution in [-0.4, -0.2) is 33.8 Å². The Labute approximate surface area is 115 Å². The predicted molar refractivity (Wildman–Crippen MR) is 79.7 cm³/mol. The van der Waals surface area contributed by atoms with E-state index in [0.717, 1.165) is 41.1 Å². The molecule has 0 unspecified atom stereocenters. The Morgan fingerprint density at radius 3 is 2.74 bits per heavy atom. The van der Waals surface area contributed by atoms with Gasteiger partial charge >= 0.3 is 0 Å². The van der Waals surface area contributed by atoms with Crippen molar-refractivity contribution < 1.29 is 4.21 Å². The number of nitrogens with zero attached hydrogens (tertiary/aromatic N) is 2. The van der Waals surface area contributed by atoms with E-state index < -0.39 is 10.8 Å². The van der Waals surface area contributed by atoms with Gasteiger partial charge < -0.3 is 10.6 Å². The lowest BCUT2D eigenvalue weighted by atomic mass is 10.1. The largest absolute Gasteiger partial charge is 0.369 e. The fraction of sp³-hybridized carbons (Fsp3) is 0.357. The van der Waals surface area contributed by atoms with Gasteiger partial charge in [0.05, 0.1) is 11.2 Å². The van der Waals surface area contributed by atoms with E-state index in [1.165, 1.54) is 5.69 Å². The first-order valence-corrected chi connectivity index (χ1v) is 7.95. The molecule has 5 heteroatoms. The number of rotatable bonds is 2. The number of anilines is 1. The molecule has 3 rings (SSSR count). The lowest BCUT2D eigenvalue weighted by Gasteiger charge is -2.31. The summed E-state index contributed by atoms with van der Waals surface area (Å²) in [6.07, 6.45) is 1.86. The first-order valence-electron chi connectivity index (χ1n) is 6.46. The van der Waals surface area contributed by atoms with Crippen LogP contribution in [0.25, 0.3) is 10.9 Å². The van der Waals surface area contributed by atoms with Crippen molar-refractivity contribution in [1.82, 2.24) is 4.98 Å². The average Bonchev–Trinajstić information content (AvgIpc) is 2.47. The zero-order chi connectivity index (χ0) is 13.2. The van der Waals surface area contributed by atoms with Crippen LogP contribution in [0.2, 0.25) is 0 Å². The Morgan fingerprint density at radius 2 is 2.00 bits per heavy atom.